The van der Waals surface area contributed by atoms with Crippen molar-refractivity contribution in [3.8, 4) is 0 Å². The van der Waals surface area contributed by atoms with Gasteiger partial charge in [-0.25, -0.2) is 0 Å². The van der Waals surface area contributed by atoms with Gasteiger partial charge in [-0.15, -0.1) is 0 Å². The Hall–Kier alpha value is -1.32. The monoisotopic (exact) mass is 408 g/mol. The van der Waals surface area contributed by atoms with Crippen molar-refractivity contribution in [1.29, 1.82) is 0 Å². The van der Waals surface area contributed by atoms with Gasteiger partial charge in [0.1, 0.15) is 6.10 Å². The molecule has 1 N–H and O–H groups in total. The molecule has 0 saturated carbocycles. The fraction of sp³-hybridized carbons (Fsp3) is 0.840. The molecular weight excluding hydrogens is 364 g/mol. The zero-order valence-electron chi connectivity index (χ0n) is 19.2. The molecular formula is C25H44O4. The third kappa shape index (κ3) is 10.3. The van der Waals surface area contributed by atoms with Crippen LogP contribution in [0.5, 0.6) is 0 Å². The maximum absolute atomic E-state index is 12.7. The smallest absolute Gasteiger partial charge is 0.310 e. The van der Waals surface area contributed by atoms with Gasteiger partial charge in [-0.2, -0.15) is 0 Å². The molecule has 29 heavy (non-hydrogen) atoms. The average Bonchev–Trinajstić information content (AvgIpc) is 2.70. The van der Waals surface area contributed by atoms with Crippen LogP contribution in [0, 0.1) is 23.7 Å². The highest BCUT2D eigenvalue weighted by Crippen LogP contribution is 2.29. The molecule has 4 heteroatoms. The average molecular weight is 409 g/mol. The van der Waals surface area contributed by atoms with Gasteiger partial charge in [0.15, 0.2) is 0 Å². The van der Waals surface area contributed by atoms with Crippen LogP contribution in [-0.4, -0.2) is 23.1 Å². The van der Waals surface area contributed by atoms with Crippen molar-refractivity contribution >= 4 is 11.9 Å². The lowest BCUT2D eigenvalue weighted by Crippen LogP contribution is -2.36. The van der Waals surface area contributed by atoms with Crippen LogP contribution < -0.4 is 0 Å². The molecule has 0 radical (unpaired) electrons. The van der Waals surface area contributed by atoms with Crippen molar-refractivity contribution in [2.24, 2.45) is 23.7 Å². The number of rotatable bonds is 15. The molecule has 0 aliphatic heterocycles. The standard InChI is InChI=1S/C25H44O4/c1-5-20(4)23(18-12-10-8-6-7-9-11-15-19(2)3)29-25(28)22-17-14-13-16-21(22)24(26)27/h13-14,19-23H,5-12,15-18H2,1-4H3,(H,26,27). The van der Waals surface area contributed by atoms with Crippen molar-refractivity contribution in [2.75, 3.05) is 0 Å². The third-order valence-corrected chi connectivity index (χ3v) is 6.37. The first kappa shape index (κ1) is 25.7. The minimum absolute atomic E-state index is 0.0982. The Bertz CT molecular complexity index is 497. The largest absolute Gasteiger partial charge is 0.481 e. The number of unbranched alkanes of at least 4 members (excludes halogenated alkanes) is 6. The predicted molar refractivity (Wildman–Crippen MR) is 119 cm³/mol. The van der Waals surface area contributed by atoms with E-state index >= 15 is 0 Å². The van der Waals surface area contributed by atoms with E-state index in [0.717, 1.165) is 25.2 Å². The molecule has 0 spiro atoms. The topological polar surface area (TPSA) is 63.6 Å². The van der Waals surface area contributed by atoms with Crippen molar-refractivity contribution in [1.82, 2.24) is 0 Å². The summed E-state index contributed by atoms with van der Waals surface area (Å²) in [5.74, 6) is -1.30. The van der Waals surface area contributed by atoms with Gasteiger partial charge in [0, 0.05) is 0 Å². The Morgan fingerprint density at radius 3 is 1.93 bits per heavy atom. The summed E-state index contributed by atoms with van der Waals surface area (Å²) in [5, 5.41) is 9.41. The Kier molecular flexibility index (Phi) is 13.0. The molecule has 0 amide bonds. The summed E-state index contributed by atoms with van der Waals surface area (Å²) < 4.78 is 5.87. The second-order valence-electron chi connectivity index (χ2n) is 9.30. The fourth-order valence-corrected chi connectivity index (χ4v) is 4.09. The van der Waals surface area contributed by atoms with Crippen LogP contribution in [-0.2, 0) is 14.3 Å². The second kappa shape index (κ2) is 14.6. The van der Waals surface area contributed by atoms with Crippen molar-refractivity contribution < 1.29 is 19.4 Å². The van der Waals surface area contributed by atoms with Gasteiger partial charge in [-0.1, -0.05) is 91.2 Å². The van der Waals surface area contributed by atoms with E-state index < -0.39 is 17.8 Å². The highest BCUT2D eigenvalue weighted by Gasteiger charge is 2.36. The minimum atomic E-state index is -0.898. The molecule has 1 rings (SSSR count). The minimum Gasteiger partial charge on any atom is -0.481 e. The van der Waals surface area contributed by atoms with Crippen molar-refractivity contribution in [2.45, 2.75) is 111 Å². The highest BCUT2D eigenvalue weighted by molar-refractivity contribution is 5.81. The predicted octanol–water partition coefficient (Wildman–Crippen LogP) is 6.78. The molecule has 0 aromatic rings. The molecule has 4 atom stereocenters. The normalized spacial score (nSPS) is 21.1. The molecule has 0 heterocycles. The molecule has 0 bridgehead atoms. The molecule has 4 unspecified atom stereocenters. The number of aliphatic carboxylic acids is 1. The van der Waals surface area contributed by atoms with E-state index in [4.69, 9.17) is 4.74 Å². The van der Waals surface area contributed by atoms with Crippen LogP contribution in [0.25, 0.3) is 0 Å². The zero-order chi connectivity index (χ0) is 21.6. The molecule has 1 aliphatic carbocycles. The van der Waals surface area contributed by atoms with E-state index in [1.54, 1.807) is 0 Å². The molecule has 0 aromatic heterocycles. The summed E-state index contributed by atoms with van der Waals surface area (Å²) in [4.78, 5) is 24.2. The number of hydrogen-bond donors (Lipinski definition) is 1. The van der Waals surface area contributed by atoms with Gasteiger partial charge in [-0.3, -0.25) is 9.59 Å². The number of esters is 1. The summed E-state index contributed by atoms with van der Waals surface area (Å²) >= 11 is 0. The molecule has 168 valence electrons. The van der Waals surface area contributed by atoms with E-state index in [1.807, 2.05) is 12.2 Å². The summed E-state index contributed by atoms with van der Waals surface area (Å²) in [5.41, 5.74) is 0. The maximum Gasteiger partial charge on any atom is 0.310 e. The number of carbonyl (C=O) groups is 2. The molecule has 0 aromatic carbocycles. The lowest BCUT2D eigenvalue weighted by molar-refractivity contribution is -0.164. The zero-order valence-corrected chi connectivity index (χ0v) is 19.2. The fourth-order valence-electron chi connectivity index (χ4n) is 4.09. The maximum atomic E-state index is 12.7. The van der Waals surface area contributed by atoms with E-state index in [9.17, 15) is 14.7 Å². The quantitative estimate of drug-likeness (QED) is 0.184. The van der Waals surface area contributed by atoms with Gasteiger partial charge in [-0.05, 0) is 37.5 Å². The van der Waals surface area contributed by atoms with Gasteiger partial charge in [0.2, 0.25) is 0 Å². The first-order valence-corrected chi connectivity index (χ1v) is 11.9. The van der Waals surface area contributed by atoms with Crippen LogP contribution in [0.3, 0.4) is 0 Å². The molecule has 0 saturated heterocycles. The number of carbonyl (C=O) groups excluding carboxylic acids is 1. The van der Waals surface area contributed by atoms with E-state index in [-0.39, 0.29) is 12.1 Å². The summed E-state index contributed by atoms with van der Waals surface area (Å²) in [6.45, 7) is 8.81. The highest BCUT2D eigenvalue weighted by atomic mass is 16.5. The van der Waals surface area contributed by atoms with Gasteiger partial charge < -0.3 is 9.84 Å². The second-order valence-corrected chi connectivity index (χ2v) is 9.30. The third-order valence-electron chi connectivity index (χ3n) is 6.37. The number of carboxylic acid groups (broad SMARTS) is 1. The number of ether oxygens (including phenoxy) is 1. The van der Waals surface area contributed by atoms with Crippen LogP contribution in [0.15, 0.2) is 12.2 Å². The first-order valence-electron chi connectivity index (χ1n) is 11.9. The summed E-state index contributed by atoms with van der Waals surface area (Å²) in [6.07, 6.45) is 16.5. The van der Waals surface area contributed by atoms with Crippen molar-refractivity contribution in [3.05, 3.63) is 12.2 Å². The Labute approximate surface area is 178 Å². The van der Waals surface area contributed by atoms with Gasteiger partial charge in [0.05, 0.1) is 11.8 Å². The lowest BCUT2D eigenvalue weighted by Gasteiger charge is -2.28. The van der Waals surface area contributed by atoms with Crippen LogP contribution in [0.1, 0.15) is 105 Å². The van der Waals surface area contributed by atoms with Crippen LogP contribution >= 0.6 is 0 Å². The SMILES string of the molecule is CCC(C)C(CCCCCCCCCC(C)C)OC(=O)C1CC=CCC1C(=O)O. The molecule has 4 nitrogen and oxygen atoms in total. The summed E-state index contributed by atoms with van der Waals surface area (Å²) in [7, 11) is 0. The molecule has 0 fully saturated rings. The Morgan fingerprint density at radius 1 is 0.897 bits per heavy atom. The lowest BCUT2D eigenvalue weighted by atomic mass is 9.83. The summed E-state index contributed by atoms with van der Waals surface area (Å²) in [6, 6.07) is 0. The van der Waals surface area contributed by atoms with E-state index in [0.29, 0.717) is 18.8 Å². The Balaban J connectivity index is 2.36. The molecule has 1 aliphatic rings. The Morgan fingerprint density at radius 2 is 1.41 bits per heavy atom. The number of hydrogen-bond acceptors (Lipinski definition) is 3. The number of allylic oxidation sites excluding steroid dienone is 2. The van der Waals surface area contributed by atoms with Crippen molar-refractivity contribution in [3.63, 3.8) is 0 Å². The van der Waals surface area contributed by atoms with E-state index in [1.165, 1.54) is 44.9 Å². The van der Waals surface area contributed by atoms with Gasteiger partial charge >= 0.3 is 11.9 Å². The first-order chi connectivity index (χ1) is 13.9. The van der Waals surface area contributed by atoms with Crippen LogP contribution in [0.4, 0.5) is 0 Å². The van der Waals surface area contributed by atoms with Gasteiger partial charge in [0.25, 0.3) is 0 Å². The number of carboxylic acids is 1. The van der Waals surface area contributed by atoms with Crippen LogP contribution in [0.2, 0.25) is 0 Å². The van der Waals surface area contributed by atoms with E-state index in [2.05, 4.69) is 27.7 Å².